The van der Waals surface area contributed by atoms with Gasteiger partial charge in [0.05, 0.1) is 6.61 Å². The zero-order valence-corrected chi connectivity index (χ0v) is 10.4. The van der Waals surface area contributed by atoms with Gasteiger partial charge in [-0.25, -0.2) is 9.78 Å². The van der Waals surface area contributed by atoms with Crippen LogP contribution < -0.4 is 4.74 Å². The number of carbonyl (C=O) groups is 1. The predicted molar refractivity (Wildman–Crippen MR) is 65.9 cm³/mol. The van der Waals surface area contributed by atoms with Crippen LogP contribution in [0.1, 0.15) is 35.0 Å². The summed E-state index contributed by atoms with van der Waals surface area (Å²) < 4.78 is 10.6. The molecule has 1 aromatic heterocycles. The third-order valence-corrected chi connectivity index (χ3v) is 2.91. The van der Waals surface area contributed by atoms with Crippen molar-refractivity contribution in [1.82, 2.24) is 15.2 Å². The Kier molecular flexibility index (Phi) is 2.91. The van der Waals surface area contributed by atoms with E-state index in [-0.39, 0.29) is 11.9 Å². The molecule has 6 nitrogen and oxygen atoms in total. The number of ether oxygens (including phenoxy) is 2. The highest BCUT2D eigenvalue weighted by Gasteiger charge is 2.27. The van der Waals surface area contributed by atoms with Crippen molar-refractivity contribution in [3.63, 3.8) is 0 Å². The van der Waals surface area contributed by atoms with Gasteiger partial charge in [-0.1, -0.05) is 18.2 Å². The smallest absolute Gasteiger partial charge is 0.378 e. The van der Waals surface area contributed by atoms with E-state index in [4.69, 9.17) is 9.47 Å². The lowest BCUT2D eigenvalue weighted by molar-refractivity contribution is 0.0512. The molecule has 1 aromatic carbocycles. The second kappa shape index (κ2) is 4.72. The third-order valence-electron chi connectivity index (χ3n) is 2.91. The number of benzene rings is 1. The number of hydrogen-bond donors (Lipinski definition) is 1. The minimum absolute atomic E-state index is 0.0383. The van der Waals surface area contributed by atoms with Crippen LogP contribution in [0, 0.1) is 0 Å². The monoisotopic (exact) mass is 259 g/mol. The molecule has 2 aromatic rings. The summed E-state index contributed by atoms with van der Waals surface area (Å²) in [5.41, 5.74) is 1.13. The number of rotatable bonds is 3. The SMILES string of the molecule is CCOC(=O)c1n[nH]c(C2Cc3ccccc3O2)n1. The summed E-state index contributed by atoms with van der Waals surface area (Å²) in [5.74, 6) is 0.901. The Labute approximate surface area is 109 Å². The Hall–Kier alpha value is -2.37. The second-order valence-corrected chi connectivity index (χ2v) is 4.18. The number of carbonyl (C=O) groups excluding carboxylic acids is 1. The van der Waals surface area contributed by atoms with Gasteiger partial charge in [-0.15, -0.1) is 5.10 Å². The van der Waals surface area contributed by atoms with Crippen molar-refractivity contribution >= 4 is 5.97 Å². The van der Waals surface area contributed by atoms with E-state index in [0.29, 0.717) is 18.9 Å². The van der Waals surface area contributed by atoms with E-state index < -0.39 is 5.97 Å². The summed E-state index contributed by atoms with van der Waals surface area (Å²) in [6.07, 6.45) is 0.487. The van der Waals surface area contributed by atoms with E-state index >= 15 is 0 Å². The minimum Gasteiger partial charge on any atom is -0.482 e. The van der Waals surface area contributed by atoms with Gasteiger partial charge in [0, 0.05) is 6.42 Å². The molecule has 0 saturated carbocycles. The van der Waals surface area contributed by atoms with Crippen molar-refractivity contribution in [3.05, 3.63) is 41.5 Å². The van der Waals surface area contributed by atoms with E-state index in [1.54, 1.807) is 6.92 Å². The van der Waals surface area contributed by atoms with Crippen LogP contribution in [0.3, 0.4) is 0 Å². The fourth-order valence-corrected chi connectivity index (χ4v) is 2.04. The number of H-pyrrole nitrogens is 1. The Bertz CT molecular complexity index is 584. The van der Waals surface area contributed by atoms with Crippen LogP contribution in [-0.2, 0) is 11.2 Å². The van der Waals surface area contributed by atoms with Gasteiger partial charge in [0.1, 0.15) is 5.75 Å². The van der Waals surface area contributed by atoms with Gasteiger partial charge in [-0.3, -0.25) is 5.10 Å². The van der Waals surface area contributed by atoms with Crippen LogP contribution in [0.2, 0.25) is 0 Å². The van der Waals surface area contributed by atoms with Crippen molar-refractivity contribution < 1.29 is 14.3 Å². The van der Waals surface area contributed by atoms with Gasteiger partial charge in [0.15, 0.2) is 11.9 Å². The van der Waals surface area contributed by atoms with Gasteiger partial charge in [-0.2, -0.15) is 0 Å². The van der Waals surface area contributed by atoms with E-state index in [9.17, 15) is 4.79 Å². The number of aromatic nitrogens is 3. The summed E-state index contributed by atoms with van der Waals surface area (Å²) in [4.78, 5) is 15.6. The number of nitrogens with zero attached hydrogens (tertiary/aromatic N) is 2. The molecule has 0 bridgehead atoms. The van der Waals surface area contributed by atoms with Crippen LogP contribution >= 0.6 is 0 Å². The molecule has 0 amide bonds. The van der Waals surface area contributed by atoms with Gasteiger partial charge < -0.3 is 9.47 Å². The van der Waals surface area contributed by atoms with Gasteiger partial charge in [-0.05, 0) is 18.6 Å². The van der Waals surface area contributed by atoms with Crippen molar-refractivity contribution in [2.24, 2.45) is 0 Å². The quantitative estimate of drug-likeness (QED) is 0.848. The Morgan fingerprint density at radius 3 is 3.16 bits per heavy atom. The first-order valence-corrected chi connectivity index (χ1v) is 6.12. The van der Waals surface area contributed by atoms with Gasteiger partial charge in [0.2, 0.25) is 0 Å². The zero-order chi connectivity index (χ0) is 13.2. The highest BCUT2D eigenvalue weighted by Crippen LogP contribution is 2.34. The maximum Gasteiger partial charge on any atom is 0.378 e. The molecule has 98 valence electrons. The molecule has 0 spiro atoms. The number of para-hydroxylation sites is 1. The summed E-state index contributed by atoms with van der Waals surface area (Å²) in [7, 11) is 0. The summed E-state index contributed by atoms with van der Waals surface area (Å²) >= 11 is 0. The molecule has 2 heterocycles. The summed E-state index contributed by atoms with van der Waals surface area (Å²) in [6.45, 7) is 2.04. The molecule has 1 N–H and O–H groups in total. The lowest BCUT2D eigenvalue weighted by atomic mass is 10.1. The van der Waals surface area contributed by atoms with Crippen molar-refractivity contribution in [2.75, 3.05) is 6.61 Å². The number of hydrogen-bond acceptors (Lipinski definition) is 5. The van der Waals surface area contributed by atoms with Crippen molar-refractivity contribution in [1.29, 1.82) is 0 Å². The molecule has 3 rings (SSSR count). The number of esters is 1. The van der Waals surface area contributed by atoms with E-state index in [2.05, 4.69) is 15.2 Å². The highest BCUT2D eigenvalue weighted by molar-refractivity contribution is 5.84. The van der Waals surface area contributed by atoms with Gasteiger partial charge in [0.25, 0.3) is 5.82 Å². The molecule has 1 aliphatic rings. The largest absolute Gasteiger partial charge is 0.482 e. The van der Waals surface area contributed by atoms with Crippen molar-refractivity contribution in [2.45, 2.75) is 19.4 Å². The Balaban J connectivity index is 1.77. The lowest BCUT2D eigenvalue weighted by Crippen LogP contribution is -2.08. The van der Waals surface area contributed by atoms with Gasteiger partial charge >= 0.3 is 5.97 Å². The van der Waals surface area contributed by atoms with Crippen LogP contribution in [0.4, 0.5) is 0 Å². The zero-order valence-electron chi connectivity index (χ0n) is 10.4. The van der Waals surface area contributed by atoms with Crippen LogP contribution in [-0.4, -0.2) is 27.8 Å². The molecular formula is C13H13N3O3. The molecule has 0 radical (unpaired) electrons. The second-order valence-electron chi connectivity index (χ2n) is 4.18. The molecule has 1 unspecified atom stereocenters. The van der Waals surface area contributed by atoms with Crippen molar-refractivity contribution in [3.8, 4) is 5.75 Å². The first kappa shape index (κ1) is 11.7. The van der Waals surface area contributed by atoms with Crippen LogP contribution in [0.5, 0.6) is 5.75 Å². The Morgan fingerprint density at radius 2 is 2.37 bits per heavy atom. The maximum absolute atomic E-state index is 11.5. The first-order chi connectivity index (χ1) is 9.28. The molecule has 0 aliphatic carbocycles. The van der Waals surface area contributed by atoms with Crippen LogP contribution in [0.25, 0.3) is 0 Å². The number of aromatic amines is 1. The molecule has 0 saturated heterocycles. The third kappa shape index (κ3) is 2.16. The van der Waals surface area contributed by atoms with E-state index in [1.807, 2.05) is 24.3 Å². The lowest BCUT2D eigenvalue weighted by Gasteiger charge is -2.05. The highest BCUT2D eigenvalue weighted by atomic mass is 16.5. The average Bonchev–Trinajstić information content (AvgIpc) is 3.05. The molecule has 0 fully saturated rings. The number of nitrogens with one attached hydrogen (secondary N) is 1. The molecule has 1 aliphatic heterocycles. The molecule has 19 heavy (non-hydrogen) atoms. The minimum atomic E-state index is -0.527. The van der Waals surface area contributed by atoms with Crippen LogP contribution in [0.15, 0.2) is 24.3 Å². The predicted octanol–water partition coefficient (Wildman–Crippen LogP) is 1.66. The fraction of sp³-hybridized carbons (Fsp3) is 0.308. The first-order valence-electron chi connectivity index (χ1n) is 6.12. The standard InChI is InChI=1S/C13H13N3O3/c1-2-18-13(17)12-14-11(15-16-12)10-7-8-5-3-4-6-9(8)19-10/h3-6,10H,2,7H2,1H3,(H,14,15,16). The molecule has 1 atom stereocenters. The fourth-order valence-electron chi connectivity index (χ4n) is 2.04. The molecule has 6 heteroatoms. The van der Waals surface area contributed by atoms with E-state index in [0.717, 1.165) is 11.3 Å². The average molecular weight is 259 g/mol. The molecular weight excluding hydrogens is 246 g/mol. The number of fused-ring (bicyclic) bond motifs is 1. The maximum atomic E-state index is 11.5. The normalized spacial score (nSPS) is 16.8. The summed E-state index contributed by atoms with van der Waals surface area (Å²) in [5, 5.41) is 6.59. The topological polar surface area (TPSA) is 77.1 Å². The van der Waals surface area contributed by atoms with E-state index in [1.165, 1.54) is 0 Å². The Morgan fingerprint density at radius 1 is 1.53 bits per heavy atom. The summed E-state index contributed by atoms with van der Waals surface area (Å²) in [6, 6.07) is 7.82.